The number of hydrogen-bond acceptors (Lipinski definition) is 5. The molecule has 0 aliphatic carbocycles. The molecule has 0 aliphatic heterocycles. The topological polar surface area (TPSA) is 109 Å². The molecule has 2 N–H and O–H groups in total. The van der Waals surface area contributed by atoms with Gasteiger partial charge in [0.2, 0.25) is 0 Å². The Labute approximate surface area is 61.9 Å². The minimum atomic E-state index is -4.70. The summed E-state index contributed by atoms with van der Waals surface area (Å²) in [5, 5.41) is 0. The molecule has 0 atom stereocenters. The molecule has 64 valence electrons. The fraction of sp³-hybridized carbons (Fsp3) is 1.00. The second-order valence-electron chi connectivity index (χ2n) is 0.924. The van der Waals surface area contributed by atoms with Crippen LogP contribution in [0.4, 0.5) is 0 Å². The van der Waals surface area contributed by atoms with Crippen molar-refractivity contribution in [3.8, 4) is 0 Å². The molecule has 10 heavy (non-hydrogen) atoms. The minimum absolute atomic E-state index is 0. The highest BCUT2D eigenvalue weighted by Crippen LogP contribution is 2.15. The molecule has 6 nitrogen and oxygen atoms in total. The van der Waals surface area contributed by atoms with Gasteiger partial charge in [0.15, 0.2) is 9.83 Å². The Kier molecular flexibility index (Phi) is 4.52. The van der Waals surface area contributed by atoms with E-state index in [1.807, 2.05) is 0 Å². The maximum atomic E-state index is 9.63. The summed E-state index contributed by atoms with van der Waals surface area (Å²) in [6, 6.07) is 0. The predicted molar refractivity (Wildman–Crippen MR) is 37.4 cm³/mol. The molecule has 0 unspecified atom stereocenters. The molecule has 0 aromatic heterocycles. The Balaban J connectivity index is 0. The van der Waals surface area contributed by atoms with Crippen LogP contribution in [0.1, 0.15) is 7.43 Å². The van der Waals surface area contributed by atoms with Gasteiger partial charge in [-0.25, -0.2) is 0 Å². The largest absolute Gasteiger partial charge is 0.336 e. The smallest absolute Gasteiger partial charge is 0.276 e. The average molecular weight is 210 g/mol. The SMILES string of the molecule is C.O=S(=O)(O)SS(=O)(=O)O. The van der Waals surface area contributed by atoms with Gasteiger partial charge in [0.25, 0.3) is 0 Å². The standard InChI is InChI=1S/CH4.H2O6S3/c;1-8(2,3)7-9(4,5)6/h1H4;(H,1,2,3)(H,4,5,6). The molecule has 0 saturated heterocycles. The average Bonchev–Trinajstić information content (AvgIpc) is 1.14. The van der Waals surface area contributed by atoms with Crippen molar-refractivity contribution >= 4 is 28.1 Å². The van der Waals surface area contributed by atoms with Crippen molar-refractivity contribution in [2.45, 2.75) is 7.43 Å². The highest BCUT2D eigenvalue weighted by molar-refractivity contribution is 9.02. The first-order valence-corrected chi connectivity index (χ1v) is 6.10. The van der Waals surface area contributed by atoms with Crippen LogP contribution in [0, 0.1) is 0 Å². The normalized spacial score (nSPS) is 12.2. The van der Waals surface area contributed by atoms with Gasteiger partial charge in [-0.1, -0.05) is 7.43 Å². The summed E-state index contributed by atoms with van der Waals surface area (Å²) in [6.45, 7) is 0. The zero-order valence-corrected chi connectivity index (χ0v) is 6.20. The van der Waals surface area contributed by atoms with Crippen molar-refractivity contribution in [2.24, 2.45) is 0 Å². The van der Waals surface area contributed by atoms with Gasteiger partial charge in [-0.3, -0.25) is 9.11 Å². The Morgan fingerprint density at radius 2 is 1.10 bits per heavy atom. The first kappa shape index (κ1) is 12.8. The van der Waals surface area contributed by atoms with Crippen LogP contribution in [-0.4, -0.2) is 25.9 Å². The van der Waals surface area contributed by atoms with E-state index in [-0.39, 0.29) is 7.43 Å². The maximum absolute atomic E-state index is 9.63. The molecule has 0 rings (SSSR count). The number of hydrogen-bond donors (Lipinski definition) is 2. The van der Waals surface area contributed by atoms with E-state index in [0.717, 1.165) is 0 Å². The summed E-state index contributed by atoms with van der Waals surface area (Å²) in [5.41, 5.74) is 0. The first-order valence-electron chi connectivity index (χ1n) is 1.37. The molecule has 9 heteroatoms. The highest BCUT2D eigenvalue weighted by atomic mass is 33.5. The Bertz CT molecular complexity index is 238. The molecule has 0 spiro atoms. The van der Waals surface area contributed by atoms with E-state index in [1.165, 1.54) is 0 Å². The molecule has 0 amide bonds. The summed E-state index contributed by atoms with van der Waals surface area (Å²) < 4.78 is 54.0. The van der Waals surface area contributed by atoms with Gasteiger partial charge >= 0.3 is 18.3 Å². The first-order chi connectivity index (χ1) is 3.71. The molecule has 0 saturated carbocycles. The summed E-state index contributed by atoms with van der Waals surface area (Å²) >= 11 is 0. The molecule has 0 aromatic carbocycles. The van der Waals surface area contributed by atoms with Gasteiger partial charge < -0.3 is 0 Å². The van der Waals surface area contributed by atoms with Crippen LogP contribution >= 0.6 is 9.83 Å². The van der Waals surface area contributed by atoms with Gasteiger partial charge in [-0.15, -0.1) is 0 Å². The minimum Gasteiger partial charge on any atom is -0.276 e. The lowest BCUT2D eigenvalue weighted by Gasteiger charge is -1.87. The zero-order chi connectivity index (χ0) is 7.71. The molecular formula is CH6O6S3. The maximum Gasteiger partial charge on any atom is 0.336 e. The van der Waals surface area contributed by atoms with Crippen molar-refractivity contribution in [1.29, 1.82) is 0 Å². The fourth-order valence-corrected chi connectivity index (χ4v) is 2.93. The lowest BCUT2D eigenvalue weighted by molar-refractivity contribution is 0.500. The van der Waals surface area contributed by atoms with Crippen LogP contribution in [0.2, 0.25) is 0 Å². The van der Waals surface area contributed by atoms with Gasteiger partial charge in [0, 0.05) is 0 Å². The zero-order valence-electron chi connectivity index (χ0n) is 3.75. The van der Waals surface area contributed by atoms with Crippen molar-refractivity contribution < 1.29 is 25.9 Å². The van der Waals surface area contributed by atoms with E-state index in [1.54, 1.807) is 0 Å². The van der Waals surface area contributed by atoms with Gasteiger partial charge in [0.05, 0.1) is 0 Å². The Hall–Kier alpha value is 0.170. The molecule has 0 heterocycles. The molecule has 0 bridgehead atoms. The Morgan fingerprint density at radius 3 is 1.10 bits per heavy atom. The highest BCUT2D eigenvalue weighted by Gasteiger charge is 2.17. The predicted octanol–water partition coefficient (Wildman–Crippen LogP) is -0.0387. The molecular weight excluding hydrogens is 204 g/mol. The third-order valence-electron chi connectivity index (χ3n) is 0.172. The second-order valence-corrected chi connectivity index (χ2v) is 6.93. The Morgan fingerprint density at radius 1 is 0.900 bits per heavy atom. The van der Waals surface area contributed by atoms with Gasteiger partial charge in [-0.05, 0) is 0 Å². The summed E-state index contributed by atoms with van der Waals surface area (Å²) in [6.07, 6.45) is 0. The van der Waals surface area contributed by atoms with Gasteiger partial charge in [-0.2, -0.15) is 16.8 Å². The van der Waals surface area contributed by atoms with E-state index < -0.39 is 28.1 Å². The summed E-state index contributed by atoms with van der Waals surface area (Å²) in [4.78, 5) is 0. The van der Waals surface area contributed by atoms with E-state index >= 15 is 0 Å². The van der Waals surface area contributed by atoms with Crippen molar-refractivity contribution in [1.82, 2.24) is 0 Å². The van der Waals surface area contributed by atoms with Gasteiger partial charge in [0.1, 0.15) is 0 Å². The second kappa shape index (κ2) is 3.53. The quantitative estimate of drug-likeness (QED) is 0.486. The van der Waals surface area contributed by atoms with Crippen molar-refractivity contribution in [3.63, 3.8) is 0 Å². The van der Waals surface area contributed by atoms with E-state index in [9.17, 15) is 16.8 Å². The van der Waals surface area contributed by atoms with Crippen molar-refractivity contribution in [2.75, 3.05) is 0 Å². The molecule has 0 fully saturated rings. The molecule has 0 aromatic rings. The van der Waals surface area contributed by atoms with Crippen LogP contribution in [0.5, 0.6) is 0 Å². The van der Waals surface area contributed by atoms with E-state index in [2.05, 4.69) is 0 Å². The summed E-state index contributed by atoms with van der Waals surface area (Å²) in [7, 11) is -10.3. The van der Waals surface area contributed by atoms with Crippen LogP contribution in [0.3, 0.4) is 0 Å². The monoisotopic (exact) mass is 210 g/mol. The third-order valence-corrected chi connectivity index (χ3v) is 4.64. The van der Waals surface area contributed by atoms with Crippen LogP contribution in [0.25, 0.3) is 0 Å². The molecule has 0 aliphatic rings. The lowest BCUT2D eigenvalue weighted by Crippen LogP contribution is -1.97. The molecule has 0 radical (unpaired) electrons. The van der Waals surface area contributed by atoms with Crippen molar-refractivity contribution in [3.05, 3.63) is 0 Å². The van der Waals surface area contributed by atoms with Crippen LogP contribution in [0.15, 0.2) is 0 Å². The summed E-state index contributed by atoms with van der Waals surface area (Å²) in [5.74, 6) is 0. The lowest BCUT2D eigenvalue weighted by atomic mass is 12.0. The van der Waals surface area contributed by atoms with Crippen LogP contribution in [-0.2, 0) is 18.3 Å². The van der Waals surface area contributed by atoms with E-state index in [4.69, 9.17) is 9.11 Å². The fourth-order valence-electron chi connectivity index (χ4n) is 0.109. The number of rotatable bonds is 2. The van der Waals surface area contributed by atoms with Crippen LogP contribution < -0.4 is 0 Å². The van der Waals surface area contributed by atoms with E-state index in [0.29, 0.717) is 0 Å². The third kappa shape index (κ3) is 11.0.